The van der Waals surface area contributed by atoms with Crippen molar-refractivity contribution in [3.63, 3.8) is 0 Å². The second kappa shape index (κ2) is 6.90. The SMILES string of the molecule is CCCc1nc(-c2ccc(F)cc2F)sc1CNCC. The van der Waals surface area contributed by atoms with Crippen LogP contribution in [-0.4, -0.2) is 11.5 Å². The maximum absolute atomic E-state index is 13.8. The molecule has 0 saturated heterocycles. The molecule has 1 N–H and O–H groups in total. The van der Waals surface area contributed by atoms with Crippen molar-refractivity contribution in [1.82, 2.24) is 10.3 Å². The third-order valence-electron chi connectivity index (χ3n) is 2.96. The first-order chi connectivity index (χ1) is 9.65. The van der Waals surface area contributed by atoms with Crippen LogP contribution in [0.1, 0.15) is 30.8 Å². The highest BCUT2D eigenvalue weighted by Gasteiger charge is 2.15. The lowest BCUT2D eigenvalue weighted by Crippen LogP contribution is -2.11. The number of hydrogen-bond acceptors (Lipinski definition) is 3. The molecule has 0 aliphatic rings. The highest BCUT2D eigenvalue weighted by molar-refractivity contribution is 7.15. The topological polar surface area (TPSA) is 24.9 Å². The summed E-state index contributed by atoms with van der Waals surface area (Å²) in [5.74, 6) is -1.12. The fourth-order valence-corrected chi connectivity index (χ4v) is 3.07. The van der Waals surface area contributed by atoms with E-state index in [9.17, 15) is 8.78 Å². The van der Waals surface area contributed by atoms with E-state index in [2.05, 4.69) is 17.2 Å². The van der Waals surface area contributed by atoms with E-state index in [0.717, 1.165) is 42.6 Å². The van der Waals surface area contributed by atoms with Crippen molar-refractivity contribution in [3.8, 4) is 10.6 Å². The Labute approximate surface area is 121 Å². The molecule has 0 atom stereocenters. The van der Waals surface area contributed by atoms with E-state index < -0.39 is 11.6 Å². The Morgan fingerprint density at radius 3 is 2.70 bits per heavy atom. The largest absolute Gasteiger partial charge is 0.312 e. The Balaban J connectivity index is 2.36. The van der Waals surface area contributed by atoms with Gasteiger partial charge in [-0.05, 0) is 25.1 Å². The Kier molecular flexibility index (Phi) is 5.20. The summed E-state index contributed by atoms with van der Waals surface area (Å²) in [6.07, 6.45) is 1.87. The van der Waals surface area contributed by atoms with Gasteiger partial charge in [0.05, 0.1) is 5.69 Å². The molecule has 2 nitrogen and oxygen atoms in total. The summed E-state index contributed by atoms with van der Waals surface area (Å²) < 4.78 is 26.8. The van der Waals surface area contributed by atoms with Crippen molar-refractivity contribution in [2.24, 2.45) is 0 Å². The number of benzene rings is 1. The van der Waals surface area contributed by atoms with E-state index in [0.29, 0.717) is 10.6 Å². The quantitative estimate of drug-likeness (QED) is 0.866. The Morgan fingerprint density at radius 2 is 2.05 bits per heavy atom. The molecule has 0 fully saturated rings. The minimum Gasteiger partial charge on any atom is -0.312 e. The van der Waals surface area contributed by atoms with Gasteiger partial charge >= 0.3 is 0 Å². The van der Waals surface area contributed by atoms with Crippen LogP contribution in [0, 0.1) is 11.6 Å². The van der Waals surface area contributed by atoms with Crippen molar-refractivity contribution in [2.75, 3.05) is 6.54 Å². The lowest BCUT2D eigenvalue weighted by atomic mass is 10.2. The molecule has 0 spiro atoms. The van der Waals surface area contributed by atoms with Crippen LogP contribution in [0.2, 0.25) is 0 Å². The van der Waals surface area contributed by atoms with E-state index in [1.165, 1.54) is 23.5 Å². The molecule has 0 amide bonds. The van der Waals surface area contributed by atoms with Gasteiger partial charge in [0.2, 0.25) is 0 Å². The van der Waals surface area contributed by atoms with Crippen LogP contribution in [0.5, 0.6) is 0 Å². The van der Waals surface area contributed by atoms with Crippen molar-refractivity contribution in [1.29, 1.82) is 0 Å². The highest BCUT2D eigenvalue weighted by Crippen LogP contribution is 2.31. The zero-order valence-electron chi connectivity index (χ0n) is 11.7. The normalized spacial score (nSPS) is 11.0. The van der Waals surface area contributed by atoms with E-state index in [1.807, 2.05) is 6.92 Å². The summed E-state index contributed by atoms with van der Waals surface area (Å²) in [4.78, 5) is 5.66. The van der Waals surface area contributed by atoms with Crippen LogP contribution in [0.15, 0.2) is 18.2 Å². The summed E-state index contributed by atoms with van der Waals surface area (Å²) in [5.41, 5.74) is 1.38. The average molecular weight is 296 g/mol. The van der Waals surface area contributed by atoms with Crippen LogP contribution in [0.3, 0.4) is 0 Å². The van der Waals surface area contributed by atoms with Gasteiger partial charge in [0, 0.05) is 23.1 Å². The molecule has 5 heteroatoms. The van der Waals surface area contributed by atoms with E-state index in [-0.39, 0.29) is 0 Å². The summed E-state index contributed by atoms with van der Waals surface area (Å²) in [6.45, 7) is 5.76. The van der Waals surface area contributed by atoms with Crippen LogP contribution in [-0.2, 0) is 13.0 Å². The smallest absolute Gasteiger partial charge is 0.136 e. The van der Waals surface area contributed by atoms with Gasteiger partial charge in [0.1, 0.15) is 16.6 Å². The predicted octanol–water partition coefficient (Wildman–Crippen LogP) is 4.15. The fourth-order valence-electron chi connectivity index (χ4n) is 1.97. The lowest BCUT2D eigenvalue weighted by molar-refractivity contribution is 0.585. The zero-order valence-corrected chi connectivity index (χ0v) is 12.5. The van der Waals surface area contributed by atoms with Crippen molar-refractivity contribution in [2.45, 2.75) is 33.2 Å². The number of nitrogens with one attached hydrogen (secondary N) is 1. The van der Waals surface area contributed by atoms with Gasteiger partial charge in [0.25, 0.3) is 0 Å². The van der Waals surface area contributed by atoms with Crippen LogP contribution in [0.25, 0.3) is 10.6 Å². The van der Waals surface area contributed by atoms with Gasteiger partial charge < -0.3 is 5.32 Å². The first-order valence-corrected chi connectivity index (χ1v) is 7.62. The number of hydrogen-bond donors (Lipinski definition) is 1. The van der Waals surface area contributed by atoms with Crippen LogP contribution in [0.4, 0.5) is 8.78 Å². The highest BCUT2D eigenvalue weighted by atomic mass is 32.1. The van der Waals surface area contributed by atoms with Crippen LogP contribution < -0.4 is 5.32 Å². The molecule has 2 rings (SSSR count). The number of nitrogens with zero attached hydrogens (tertiary/aromatic N) is 1. The number of rotatable bonds is 6. The van der Waals surface area contributed by atoms with Gasteiger partial charge in [-0.25, -0.2) is 13.8 Å². The molecule has 0 radical (unpaired) electrons. The average Bonchev–Trinajstić information content (AvgIpc) is 2.80. The second-order valence-corrected chi connectivity index (χ2v) is 5.63. The summed E-state index contributed by atoms with van der Waals surface area (Å²) >= 11 is 1.48. The van der Waals surface area contributed by atoms with E-state index in [4.69, 9.17) is 0 Å². The van der Waals surface area contributed by atoms with Gasteiger partial charge in [-0.15, -0.1) is 11.3 Å². The monoisotopic (exact) mass is 296 g/mol. The van der Waals surface area contributed by atoms with Gasteiger partial charge in [-0.3, -0.25) is 0 Å². The molecular formula is C15H18F2N2S. The minimum atomic E-state index is -0.565. The maximum atomic E-state index is 13.8. The molecule has 0 aliphatic carbocycles. The Hall–Kier alpha value is -1.33. The van der Waals surface area contributed by atoms with E-state index in [1.54, 1.807) is 0 Å². The molecule has 108 valence electrons. The van der Waals surface area contributed by atoms with Crippen LogP contribution >= 0.6 is 11.3 Å². The summed E-state index contributed by atoms with van der Waals surface area (Å²) in [7, 11) is 0. The summed E-state index contributed by atoms with van der Waals surface area (Å²) in [6, 6.07) is 3.62. The first-order valence-electron chi connectivity index (χ1n) is 6.80. The molecule has 0 unspecified atom stereocenters. The number of aryl methyl sites for hydroxylation is 1. The molecular weight excluding hydrogens is 278 g/mol. The molecule has 1 aromatic heterocycles. The first kappa shape index (κ1) is 15.1. The van der Waals surface area contributed by atoms with Gasteiger partial charge in [-0.1, -0.05) is 20.3 Å². The number of aromatic nitrogens is 1. The molecule has 20 heavy (non-hydrogen) atoms. The molecule has 1 heterocycles. The maximum Gasteiger partial charge on any atom is 0.136 e. The Bertz CT molecular complexity index is 581. The zero-order chi connectivity index (χ0) is 14.5. The predicted molar refractivity (Wildman–Crippen MR) is 78.8 cm³/mol. The molecule has 0 saturated carbocycles. The lowest BCUT2D eigenvalue weighted by Gasteiger charge is -2.00. The minimum absolute atomic E-state index is 0.372. The molecule has 2 aromatic rings. The van der Waals surface area contributed by atoms with Gasteiger partial charge in [-0.2, -0.15) is 0 Å². The molecule has 1 aromatic carbocycles. The third kappa shape index (κ3) is 3.41. The number of thiazole rings is 1. The second-order valence-electron chi connectivity index (χ2n) is 4.54. The van der Waals surface area contributed by atoms with Gasteiger partial charge in [0.15, 0.2) is 0 Å². The van der Waals surface area contributed by atoms with Crippen molar-refractivity contribution >= 4 is 11.3 Å². The Morgan fingerprint density at radius 1 is 1.25 bits per heavy atom. The molecule has 0 bridgehead atoms. The van der Waals surface area contributed by atoms with Crippen molar-refractivity contribution < 1.29 is 8.78 Å². The van der Waals surface area contributed by atoms with Crippen molar-refractivity contribution in [3.05, 3.63) is 40.4 Å². The number of halogens is 2. The third-order valence-corrected chi connectivity index (χ3v) is 4.09. The summed E-state index contributed by atoms with van der Waals surface area (Å²) in [5, 5.41) is 3.89. The fraction of sp³-hybridized carbons (Fsp3) is 0.400. The molecule has 0 aliphatic heterocycles. The van der Waals surface area contributed by atoms with E-state index >= 15 is 0 Å². The standard InChI is InChI=1S/C15H18F2N2S/c1-3-5-13-14(9-18-4-2)20-15(19-13)11-7-6-10(16)8-12(11)17/h6-8,18H,3-5,9H2,1-2H3.